The van der Waals surface area contributed by atoms with Gasteiger partial charge in [-0.15, -0.1) is 4.73 Å². The minimum atomic E-state index is -0.845. The summed E-state index contributed by atoms with van der Waals surface area (Å²) in [7, 11) is 0. The third-order valence-corrected chi connectivity index (χ3v) is 2.81. The second-order valence-corrected chi connectivity index (χ2v) is 4.04. The molecule has 0 saturated carbocycles. The molecule has 1 aliphatic rings. The summed E-state index contributed by atoms with van der Waals surface area (Å²) >= 11 is 0. The summed E-state index contributed by atoms with van der Waals surface area (Å²) in [5.41, 5.74) is 5.13. The summed E-state index contributed by atoms with van der Waals surface area (Å²) in [6, 6.07) is 1.42. The van der Waals surface area contributed by atoms with Gasteiger partial charge in [-0.1, -0.05) is 0 Å². The van der Waals surface area contributed by atoms with E-state index < -0.39 is 12.2 Å². The first-order valence-corrected chi connectivity index (χ1v) is 5.23. The molecule has 1 aromatic rings. The maximum Gasteiger partial charge on any atom is 0.259 e. The molecule has 17 heavy (non-hydrogen) atoms. The van der Waals surface area contributed by atoms with Crippen molar-refractivity contribution in [1.82, 2.24) is 9.71 Å². The van der Waals surface area contributed by atoms with Crippen LogP contribution in [0.25, 0.3) is 0 Å². The van der Waals surface area contributed by atoms with Crippen molar-refractivity contribution in [3.05, 3.63) is 11.7 Å². The van der Waals surface area contributed by atoms with Gasteiger partial charge in [-0.05, 0) is 6.42 Å². The van der Waals surface area contributed by atoms with Crippen LogP contribution in [0.1, 0.15) is 6.42 Å². The van der Waals surface area contributed by atoms with Gasteiger partial charge < -0.3 is 26.1 Å². The van der Waals surface area contributed by atoms with E-state index in [9.17, 15) is 15.4 Å². The number of anilines is 2. The zero-order valence-corrected chi connectivity index (χ0v) is 9.11. The molecule has 0 spiro atoms. The number of nitrogen functional groups attached to an aromatic ring is 1. The fraction of sp³-hybridized carbons (Fsp3) is 0.556. The summed E-state index contributed by atoms with van der Waals surface area (Å²) in [4.78, 5) is 5.56. The fourth-order valence-corrected chi connectivity index (χ4v) is 1.79. The van der Waals surface area contributed by atoms with Gasteiger partial charge in [0, 0.05) is 19.2 Å². The van der Waals surface area contributed by atoms with Crippen LogP contribution in [0.2, 0.25) is 0 Å². The third kappa shape index (κ3) is 2.17. The molecule has 1 fully saturated rings. The Kier molecular flexibility index (Phi) is 2.90. The van der Waals surface area contributed by atoms with E-state index in [1.54, 1.807) is 4.90 Å². The average Bonchev–Trinajstić information content (AvgIpc) is 2.29. The standard InChI is InChI=1S/C9H15N5O3/c10-7-3-8(12-9(11)14(7)17)13-2-1-5(15)6(16)4-13/h3,5-6,11,15-17H,1-2,4,10H2/t5-,6-/m0/s1. The van der Waals surface area contributed by atoms with E-state index in [-0.39, 0.29) is 18.0 Å². The number of piperidine rings is 1. The molecule has 0 aliphatic carbocycles. The van der Waals surface area contributed by atoms with Crippen LogP contribution in [-0.2, 0) is 0 Å². The summed E-state index contributed by atoms with van der Waals surface area (Å²) in [5, 5.41) is 35.6. The van der Waals surface area contributed by atoms with Crippen molar-refractivity contribution < 1.29 is 15.4 Å². The molecule has 8 nitrogen and oxygen atoms in total. The smallest absolute Gasteiger partial charge is 0.259 e. The number of aliphatic hydroxyl groups excluding tert-OH is 2. The van der Waals surface area contributed by atoms with Crippen LogP contribution in [0.5, 0.6) is 0 Å². The van der Waals surface area contributed by atoms with Gasteiger partial charge in [0.05, 0.1) is 12.2 Å². The molecule has 8 heteroatoms. The van der Waals surface area contributed by atoms with Crippen molar-refractivity contribution >= 4 is 11.6 Å². The van der Waals surface area contributed by atoms with E-state index in [2.05, 4.69) is 4.98 Å². The number of rotatable bonds is 1. The Balaban J connectivity index is 2.26. The molecular formula is C9H15N5O3. The lowest BCUT2D eigenvalue weighted by Gasteiger charge is -2.34. The van der Waals surface area contributed by atoms with E-state index in [4.69, 9.17) is 11.1 Å². The SMILES string of the molecule is N=c1nc(N2CC[C@H](O)[C@@H](O)C2)cc(N)n1O. The Labute approximate surface area is 97.0 Å². The number of nitrogens with two attached hydrogens (primary N) is 1. The molecule has 0 amide bonds. The van der Waals surface area contributed by atoms with Crippen LogP contribution >= 0.6 is 0 Å². The molecule has 0 bridgehead atoms. The number of nitrogens with one attached hydrogen (secondary N) is 1. The third-order valence-electron chi connectivity index (χ3n) is 2.81. The summed E-state index contributed by atoms with van der Waals surface area (Å²) in [6.07, 6.45) is -1.16. The molecule has 1 aromatic heterocycles. The van der Waals surface area contributed by atoms with Gasteiger partial charge in [0.1, 0.15) is 11.6 Å². The first-order chi connectivity index (χ1) is 7.99. The highest BCUT2D eigenvalue weighted by Gasteiger charge is 2.26. The molecule has 0 radical (unpaired) electrons. The molecule has 1 saturated heterocycles. The lowest BCUT2D eigenvalue weighted by atomic mass is 10.1. The van der Waals surface area contributed by atoms with E-state index in [1.165, 1.54) is 6.07 Å². The fourth-order valence-electron chi connectivity index (χ4n) is 1.79. The second-order valence-electron chi connectivity index (χ2n) is 4.04. The number of aliphatic hydroxyl groups is 2. The topological polar surface area (TPSA) is 132 Å². The summed E-state index contributed by atoms with van der Waals surface area (Å²) in [6.45, 7) is 0.738. The van der Waals surface area contributed by atoms with Crippen LogP contribution < -0.4 is 16.3 Å². The van der Waals surface area contributed by atoms with E-state index in [0.29, 0.717) is 23.5 Å². The molecule has 2 rings (SSSR count). The molecule has 2 heterocycles. The lowest BCUT2D eigenvalue weighted by Crippen LogP contribution is -2.47. The van der Waals surface area contributed by atoms with Crippen molar-refractivity contribution in [2.75, 3.05) is 23.7 Å². The second kappa shape index (κ2) is 4.22. The Morgan fingerprint density at radius 2 is 2.12 bits per heavy atom. The molecule has 94 valence electrons. The van der Waals surface area contributed by atoms with Crippen LogP contribution in [0, 0.1) is 5.41 Å². The average molecular weight is 241 g/mol. The quantitative estimate of drug-likeness (QED) is 0.365. The number of aromatic nitrogens is 2. The molecule has 0 unspecified atom stereocenters. The first-order valence-electron chi connectivity index (χ1n) is 5.23. The van der Waals surface area contributed by atoms with Crippen LogP contribution in [0.15, 0.2) is 6.07 Å². The highest BCUT2D eigenvalue weighted by molar-refractivity contribution is 5.46. The maximum atomic E-state index is 9.55. The van der Waals surface area contributed by atoms with Gasteiger partial charge in [-0.3, -0.25) is 5.41 Å². The Morgan fingerprint density at radius 1 is 1.41 bits per heavy atom. The zero-order chi connectivity index (χ0) is 12.6. The van der Waals surface area contributed by atoms with E-state index >= 15 is 0 Å². The predicted molar refractivity (Wildman–Crippen MR) is 58.5 cm³/mol. The maximum absolute atomic E-state index is 9.55. The van der Waals surface area contributed by atoms with Crippen LogP contribution in [-0.4, -0.2) is 50.4 Å². The summed E-state index contributed by atoms with van der Waals surface area (Å²) < 4.78 is 0.471. The Morgan fingerprint density at radius 3 is 2.71 bits per heavy atom. The Hall–Kier alpha value is -1.80. The van der Waals surface area contributed by atoms with Gasteiger partial charge in [0.25, 0.3) is 5.62 Å². The molecule has 2 atom stereocenters. The number of hydrogen-bond acceptors (Lipinski definition) is 7. The van der Waals surface area contributed by atoms with Crippen molar-refractivity contribution in [3.63, 3.8) is 0 Å². The van der Waals surface area contributed by atoms with Crippen molar-refractivity contribution in [2.45, 2.75) is 18.6 Å². The van der Waals surface area contributed by atoms with Crippen LogP contribution in [0.3, 0.4) is 0 Å². The van der Waals surface area contributed by atoms with Crippen molar-refractivity contribution in [1.29, 1.82) is 5.41 Å². The Bertz CT molecular complexity index is 474. The predicted octanol–water partition coefficient (Wildman–Crippen LogP) is -1.89. The lowest BCUT2D eigenvalue weighted by molar-refractivity contribution is 0.00781. The van der Waals surface area contributed by atoms with Crippen molar-refractivity contribution in [2.24, 2.45) is 0 Å². The molecule has 0 aromatic carbocycles. The molecule has 6 N–H and O–H groups in total. The zero-order valence-electron chi connectivity index (χ0n) is 9.11. The largest absolute Gasteiger partial charge is 0.423 e. The highest BCUT2D eigenvalue weighted by atomic mass is 16.5. The highest BCUT2D eigenvalue weighted by Crippen LogP contribution is 2.18. The van der Waals surface area contributed by atoms with E-state index in [1.807, 2.05) is 0 Å². The number of β-amino-alcohol motifs (C(OH)–C–C–N with tert-alkyl or cyclic N) is 1. The first kappa shape index (κ1) is 11.7. The monoisotopic (exact) mass is 241 g/mol. The van der Waals surface area contributed by atoms with Crippen LogP contribution in [0.4, 0.5) is 11.6 Å². The normalized spacial score (nSPS) is 24.9. The molecular weight excluding hydrogens is 226 g/mol. The summed E-state index contributed by atoms with van der Waals surface area (Å²) in [5.74, 6) is 0.407. The number of nitrogens with zero attached hydrogens (tertiary/aromatic N) is 3. The van der Waals surface area contributed by atoms with Gasteiger partial charge >= 0.3 is 0 Å². The molecule has 1 aliphatic heterocycles. The van der Waals surface area contributed by atoms with Crippen molar-refractivity contribution in [3.8, 4) is 0 Å². The minimum Gasteiger partial charge on any atom is -0.423 e. The number of hydrogen-bond donors (Lipinski definition) is 5. The van der Waals surface area contributed by atoms with Gasteiger partial charge in [0.2, 0.25) is 0 Å². The van der Waals surface area contributed by atoms with Gasteiger partial charge in [0.15, 0.2) is 0 Å². The van der Waals surface area contributed by atoms with Gasteiger partial charge in [-0.2, -0.15) is 4.98 Å². The van der Waals surface area contributed by atoms with Gasteiger partial charge in [-0.25, -0.2) is 0 Å². The van der Waals surface area contributed by atoms with E-state index in [0.717, 1.165) is 0 Å². The minimum absolute atomic E-state index is 0.000566.